The second-order valence-electron chi connectivity index (χ2n) is 5.12. The Labute approximate surface area is 109 Å². The number of amides is 1. The minimum Gasteiger partial charge on any atom is -0.351 e. The molecule has 0 atom stereocenters. The van der Waals surface area contributed by atoms with Crippen LogP contribution in [-0.2, 0) is 0 Å². The maximum absolute atomic E-state index is 12.0. The third-order valence-corrected chi connectivity index (χ3v) is 3.54. The predicted molar refractivity (Wildman–Crippen MR) is 73.9 cm³/mol. The molecule has 0 aliphatic carbocycles. The molecule has 0 unspecified atom stereocenters. The van der Waals surface area contributed by atoms with Crippen LogP contribution in [0, 0.1) is 13.8 Å². The monoisotopic (exact) mass is 246 g/mol. The fraction of sp³-hybridized carbons (Fsp3) is 0.533. The van der Waals surface area contributed by atoms with Gasteiger partial charge in [-0.3, -0.25) is 4.79 Å². The lowest BCUT2D eigenvalue weighted by molar-refractivity contribution is 0.0949. The number of carbonyl (C=O) groups excluding carboxylic acids is 1. The Balaban J connectivity index is 1.83. The SMILES string of the molecule is Cc1ccc(C(=O)NCCN2CCCC2)c(C)c1. The van der Waals surface area contributed by atoms with Crippen molar-refractivity contribution in [1.29, 1.82) is 0 Å². The standard InChI is InChI=1S/C15H22N2O/c1-12-5-6-14(13(2)11-12)15(18)16-7-10-17-8-3-4-9-17/h5-6,11H,3-4,7-10H2,1-2H3,(H,16,18). The molecule has 1 N–H and O–H groups in total. The summed E-state index contributed by atoms with van der Waals surface area (Å²) in [5.74, 6) is 0.0479. The fourth-order valence-electron chi connectivity index (χ4n) is 2.50. The molecule has 0 aromatic heterocycles. The zero-order valence-electron chi connectivity index (χ0n) is 11.3. The first-order valence-electron chi connectivity index (χ1n) is 6.74. The molecule has 2 rings (SSSR count). The Bertz CT molecular complexity index is 423. The summed E-state index contributed by atoms with van der Waals surface area (Å²) in [6.45, 7) is 8.10. The lowest BCUT2D eigenvalue weighted by atomic mass is 10.1. The van der Waals surface area contributed by atoms with Gasteiger partial charge in [-0.15, -0.1) is 0 Å². The van der Waals surface area contributed by atoms with Gasteiger partial charge in [-0.1, -0.05) is 17.7 Å². The van der Waals surface area contributed by atoms with Gasteiger partial charge in [0.25, 0.3) is 5.91 Å². The van der Waals surface area contributed by atoms with E-state index in [1.54, 1.807) is 0 Å². The molecular weight excluding hydrogens is 224 g/mol. The highest BCUT2D eigenvalue weighted by atomic mass is 16.1. The van der Waals surface area contributed by atoms with Gasteiger partial charge in [0.05, 0.1) is 0 Å². The van der Waals surface area contributed by atoms with Gasteiger partial charge >= 0.3 is 0 Å². The zero-order chi connectivity index (χ0) is 13.0. The molecule has 0 bridgehead atoms. The van der Waals surface area contributed by atoms with Crippen molar-refractivity contribution in [3.05, 3.63) is 34.9 Å². The van der Waals surface area contributed by atoms with Crippen LogP contribution in [0.15, 0.2) is 18.2 Å². The first-order valence-corrected chi connectivity index (χ1v) is 6.74. The van der Waals surface area contributed by atoms with Gasteiger partial charge in [0.2, 0.25) is 0 Å². The van der Waals surface area contributed by atoms with E-state index in [1.165, 1.54) is 31.5 Å². The van der Waals surface area contributed by atoms with Crippen LogP contribution < -0.4 is 5.32 Å². The van der Waals surface area contributed by atoms with E-state index in [0.29, 0.717) is 0 Å². The highest BCUT2D eigenvalue weighted by molar-refractivity contribution is 5.95. The van der Waals surface area contributed by atoms with E-state index in [-0.39, 0.29) is 5.91 Å². The Morgan fingerprint density at radius 2 is 2.00 bits per heavy atom. The molecule has 1 fully saturated rings. The quantitative estimate of drug-likeness (QED) is 0.882. The summed E-state index contributed by atoms with van der Waals surface area (Å²) >= 11 is 0. The van der Waals surface area contributed by atoms with Crippen LogP contribution in [0.2, 0.25) is 0 Å². The molecule has 1 aliphatic rings. The second kappa shape index (κ2) is 6.01. The van der Waals surface area contributed by atoms with Gasteiger partial charge in [-0.05, 0) is 51.4 Å². The summed E-state index contributed by atoms with van der Waals surface area (Å²) in [7, 11) is 0. The summed E-state index contributed by atoms with van der Waals surface area (Å²) in [5, 5.41) is 3.01. The number of rotatable bonds is 4. The van der Waals surface area contributed by atoms with Gasteiger partial charge in [0.15, 0.2) is 0 Å². The number of benzene rings is 1. The zero-order valence-corrected chi connectivity index (χ0v) is 11.3. The lowest BCUT2D eigenvalue weighted by Gasteiger charge is -2.15. The molecule has 3 heteroatoms. The third-order valence-electron chi connectivity index (χ3n) is 3.54. The van der Waals surface area contributed by atoms with E-state index in [1.807, 2.05) is 26.0 Å². The van der Waals surface area contributed by atoms with E-state index in [4.69, 9.17) is 0 Å². The molecule has 1 aliphatic heterocycles. The first-order chi connectivity index (χ1) is 8.66. The smallest absolute Gasteiger partial charge is 0.251 e. The van der Waals surface area contributed by atoms with E-state index in [9.17, 15) is 4.79 Å². The van der Waals surface area contributed by atoms with Crippen LogP contribution in [0.1, 0.15) is 34.3 Å². The number of hydrogen-bond acceptors (Lipinski definition) is 2. The van der Waals surface area contributed by atoms with Crippen molar-refractivity contribution >= 4 is 5.91 Å². The van der Waals surface area contributed by atoms with Gasteiger partial charge in [-0.25, -0.2) is 0 Å². The lowest BCUT2D eigenvalue weighted by Crippen LogP contribution is -2.33. The number of nitrogens with one attached hydrogen (secondary N) is 1. The van der Waals surface area contributed by atoms with Gasteiger partial charge in [0.1, 0.15) is 0 Å². The Morgan fingerprint density at radius 1 is 1.28 bits per heavy atom. The minimum absolute atomic E-state index is 0.0479. The van der Waals surface area contributed by atoms with E-state index in [2.05, 4.69) is 16.3 Å². The highest BCUT2D eigenvalue weighted by Gasteiger charge is 2.12. The van der Waals surface area contributed by atoms with Crippen molar-refractivity contribution in [1.82, 2.24) is 10.2 Å². The molecular formula is C15H22N2O. The third kappa shape index (κ3) is 3.33. The van der Waals surface area contributed by atoms with Crippen LogP contribution in [0.3, 0.4) is 0 Å². The summed E-state index contributed by atoms with van der Waals surface area (Å²) in [6, 6.07) is 5.95. The first kappa shape index (κ1) is 13.1. The molecule has 1 aromatic carbocycles. The molecule has 1 heterocycles. The maximum Gasteiger partial charge on any atom is 0.251 e. The van der Waals surface area contributed by atoms with Crippen molar-refractivity contribution in [2.24, 2.45) is 0 Å². The number of aryl methyl sites for hydroxylation is 2. The van der Waals surface area contributed by atoms with E-state index < -0.39 is 0 Å². The summed E-state index contributed by atoms with van der Waals surface area (Å²) in [4.78, 5) is 14.4. The summed E-state index contributed by atoms with van der Waals surface area (Å²) in [5.41, 5.74) is 3.04. The molecule has 1 saturated heterocycles. The molecule has 0 saturated carbocycles. The Morgan fingerprint density at radius 3 is 2.67 bits per heavy atom. The van der Waals surface area contributed by atoms with Crippen LogP contribution in [0.25, 0.3) is 0 Å². The van der Waals surface area contributed by atoms with Gasteiger partial charge < -0.3 is 10.2 Å². The van der Waals surface area contributed by atoms with Crippen molar-refractivity contribution in [2.75, 3.05) is 26.2 Å². The van der Waals surface area contributed by atoms with E-state index >= 15 is 0 Å². The van der Waals surface area contributed by atoms with Crippen molar-refractivity contribution in [3.63, 3.8) is 0 Å². The van der Waals surface area contributed by atoms with Crippen LogP contribution in [0.4, 0.5) is 0 Å². The predicted octanol–water partition coefficient (Wildman–Crippen LogP) is 2.13. The molecule has 1 amide bonds. The minimum atomic E-state index is 0.0479. The van der Waals surface area contributed by atoms with E-state index in [0.717, 1.165) is 24.2 Å². The molecule has 18 heavy (non-hydrogen) atoms. The van der Waals surface area contributed by atoms with Crippen LogP contribution in [0.5, 0.6) is 0 Å². The Hall–Kier alpha value is -1.35. The van der Waals surface area contributed by atoms with Crippen LogP contribution in [-0.4, -0.2) is 37.0 Å². The van der Waals surface area contributed by atoms with Gasteiger partial charge in [0, 0.05) is 18.7 Å². The van der Waals surface area contributed by atoms with Crippen molar-refractivity contribution in [3.8, 4) is 0 Å². The maximum atomic E-state index is 12.0. The van der Waals surface area contributed by atoms with Crippen molar-refractivity contribution in [2.45, 2.75) is 26.7 Å². The number of hydrogen-bond donors (Lipinski definition) is 1. The highest BCUT2D eigenvalue weighted by Crippen LogP contribution is 2.10. The second-order valence-corrected chi connectivity index (χ2v) is 5.12. The molecule has 98 valence electrons. The number of carbonyl (C=O) groups is 1. The number of nitrogens with zero attached hydrogens (tertiary/aromatic N) is 1. The number of likely N-dealkylation sites (tertiary alicyclic amines) is 1. The molecule has 0 spiro atoms. The summed E-state index contributed by atoms with van der Waals surface area (Å²) < 4.78 is 0. The largest absolute Gasteiger partial charge is 0.351 e. The summed E-state index contributed by atoms with van der Waals surface area (Å²) in [6.07, 6.45) is 2.59. The Kier molecular flexibility index (Phi) is 4.37. The molecule has 0 radical (unpaired) electrons. The fourth-order valence-corrected chi connectivity index (χ4v) is 2.50. The van der Waals surface area contributed by atoms with Gasteiger partial charge in [-0.2, -0.15) is 0 Å². The molecule has 3 nitrogen and oxygen atoms in total. The topological polar surface area (TPSA) is 32.3 Å². The average Bonchev–Trinajstić information content (AvgIpc) is 2.81. The normalized spacial score (nSPS) is 15.9. The average molecular weight is 246 g/mol. The van der Waals surface area contributed by atoms with Crippen molar-refractivity contribution < 1.29 is 4.79 Å². The molecule has 1 aromatic rings. The van der Waals surface area contributed by atoms with Crippen LogP contribution >= 0.6 is 0 Å².